The predicted molar refractivity (Wildman–Crippen MR) is 104 cm³/mol. The number of hydrogen-bond donors (Lipinski definition) is 1. The van der Waals surface area contributed by atoms with Crippen LogP contribution < -0.4 is 10.1 Å². The van der Waals surface area contributed by atoms with Crippen molar-refractivity contribution in [3.05, 3.63) is 23.4 Å². The summed E-state index contributed by atoms with van der Waals surface area (Å²) in [5.74, 6) is 1.13. The summed E-state index contributed by atoms with van der Waals surface area (Å²) in [5, 5.41) is 3.55. The Morgan fingerprint density at radius 2 is 1.92 bits per heavy atom. The second-order valence-corrected chi connectivity index (χ2v) is 7.40. The van der Waals surface area contributed by atoms with Crippen LogP contribution in [-0.4, -0.2) is 35.2 Å². The van der Waals surface area contributed by atoms with Crippen molar-refractivity contribution in [2.45, 2.75) is 52.1 Å². The monoisotopic (exact) mass is 379 g/mol. The summed E-state index contributed by atoms with van der Waals surface area (Å²) in [5.41, 5.74) is 1.02. The lowest BCUT2D eigenvalue weighted by atomic mass is 10.1. The maximum Gasteiger partial charge on any atom is 0.306 e. The summed E-state index contributed by atoms with van der Waals surface area (Å²) in [6.45, 7) is 6.33. The van der Waals surface area contributed by atoms with Crippen LogP contribution in [0.15, 0.2) is 18.2 Å². The smallest absolute Gasteiger partial charge is 0.306 e. The number of esters is 1. The number of halogens is 1. The molecule has 2 aromatic rings. The zero-order chi connectivity index (χ0) is 19.2. The van der Waals surface area contributed by atoms with Gasteiger partial charge in [0.25, 0.3) is 0 Å². The summed E-state index contributed by atoms with van der Waals surface area (Å²) >= 11 is 6.19. The van der Waals surface area contributed by atoms with Crippen LogP contribution in [0.4, 0.5) is 5.82 Å². The first-order chi connectivity index (χ1) is 12.3. The van der Waals surface area contributed by atoms with Crippen molar-refractivity contribution in [2.75, 3.05) is 19.0 Å². The molecule has 1 N–H and O–H groups in total. The van der Waals surface area contributed by atoms with Crippen molar-refractivity contribution in [3.63, 3.8) is 0 Å². The second-order valence-electron chi connectivity index (χ2n) is 7.04. The Bertz CT molecular complexity index is 760. The number of aromatic nitrogens is 2. The lowest BCUT2D eigenvalue weighted by molar-refractivity contribution is -0.154. The van der Waals surface area contributed by atoms with Crippen LogP contribution >= 0.6 is 11.6 Å². The highest BCUT2D eigenvalue weighted by atomic mass is 35.5. The maximum atomic E-state index is 11.7. The van der Waals surface area contributed by atoms with Crippen LogP contribution in [0.5, 0.6) is 5.75 Å². The van der Waals surface area contributed by atoms with Crippen LogP contribution in [0, 0.1) is 0 Å². The fourth-order valence-electron chi connectivity index (χ4n) is 2.42. The van der Waals surface area contributed by atoms with E-state index in [-0.39, 0.29) is 5.97 Å². The zero-order valence-corrected chi connectivity index (χ0v) is 16.5. The number of unbranched alkanes of at least 4 members (excludes halogenated alkanes) is 2. The third kappa shape index (κ3) is 6.33. The average molecular weight is 380 g/mol. The van der Waals surface area contributed by atoms with Gasteiger partial charge in [0.2, 0.25) is 0 Å². The molecule has 142 valence electrons. The molecule has 0 bridgehead atoms. The van der Waals surface area contributed by atoms with Crippen molar-refractivity contribution < 1.29 is 14.3 Å². The van der Waals surface area contributed by atoms with Gasteiger partial charge in [-0.05, 0) is 45.7 Å². The Morgan fingerprint density at radius 1 is 1.15 bits per heavy atom. The van der Waals surface area contributed by atoms with E-state index >= 15 is 0 Å². The van der Waals surface area contributed by atoms with Crippen LogP contribution in [0.25, 0.3) is 11.0 Å². The number of benzene rings is 1. The van der Waals surface area contributed by atoms with Gasteiger partial charge in [-0.15, -0.1) is 0 Å². The number of fused-ring (bicyclic) bond motifs is 1. The Hall–Kier alpha value is -2.08. The van der Waals surface area contributed by atoms with Gasteiger partial charge in [-0.1, -0.05) is 18.0 Å². The summed E-state index contributed by atoms with van der Waals surface area (Å²) < 4.78 is 10.5. The largest absolute Gasteiger partial charge is 0.497 e. The first-order valence-corrected chi connectivity index (χ1v) is 9.13. The highest BCUT2D eigenvalue weighted by Crippen LogP contribution is 2.24. The number of methoxy groups -OCH3 is 1. The molecule has 0 saturated heterocycles. The normalized spacial score (nSPS) is 11.4. The fraction of sp³-hybridized carbons (Fsp3) is 0.526. The van der Waals surface area contributed by atoms with Crippen molar-refractivity contribution >= 4 is 34.4 Å². The standard InChI is InChI=1S/C19H26ClN3O3/c1-19(2,3)26-16(24)8-6-5-7-11-21-18-17(20)22-14-10-9-13(25-4)12-15(14)23-18/h9-10,12H,5-8,11H2,1-4H3,(H,21,23). The summed E-state index contributed by atoms with van der Waals surface area (Å²) in [4.78, 5) is 20.5. The van der Waals surface area contributed by atoms with Crippen LogP contribution in [0.2, 0.25) is 5.15 Å². The first kappa shape index (κ1) is 20.2. The van der Waals surface area contributed by atoms with Crippen LogP contribution in [-0.2, 0) is 9.53 Å². The van der Waals surface area contributed by atoms with Crippen molar-refractivity contribution in [1.82, 2.24) is 9.97 Å². The molecule has 1 aromatic carbocycles. The molecule has 6 nitrogen and oxygen atoms in total. The molecule has 0 fully saturated rings. The van der Waals surface area contributed by atoms with E-state index in [4.69, 9.17) is 21.1 Å². The summed E-state index contributed by atoms with van der Waals surface area (Å²) in [6, 6.07) is 5.48. The quantitative estimate of drug-likeness (QED) is 0.533. The maximum absolute atomic E-state index is 11.7. The number of nitrogens with one attached hydrogen (secondary N) is 1. The first-order valence-electron chi connectivity index (χ1n) is 8.75. The minimum atomic E-state index is -0.424. The molecular formula is C19H26ClN3O3. The third-order valence-corrected chi connectivity index (χ3v) is 3.86. The van der Waals surface area contributed by atoms with Gasteiger partial charge < -0.3 is 14.8 Å². The van der Waals surface area contributed by atoms with E-state index in [1.165, 1.54) is 0 Å². The minimum absolute atomic E-state index is 0.150. The van der Waals surface area contributed by atoms with Gasteiger partial charge in [0, 0.05) is 19.0 Å². The number of carbonyl (C=O) groups excluding carboxylic acids is 1. The van der Waals surface area contributed by atoms with Gasteiger partial charge in [-0.3, -0.25) is 4.79 Å². The number of nitrogens with zero attached hydrogens (tertiary/aromatic N) is 2. The van der Waals surface area contributed by atoms with E-state index in [2.05, 4.69) is 15.3 Å². The number of hydrogen-bond acceptors (Lipinski definition) is 6. The number of ether oxygens (including phenoxy) is 2. The van der Waals surface area contributed by atoms with Gasteiger partial charge in [-0.25, -0.2) is 9.97 Å². The average Bonchev–Trinajstić information content (AvgIpc) is 2.56. The minimum Gasteiger partial charge on any atom is -0.497 e. The van der Waals surface area contributed by atoms with Crippen molar-refractivity contribution in [2.24, 2.45) is 0 Å². The van der Waals surface area contributed by atoms with E-state index in [1.807, 2.05) is 39.0 Å². The molecule has 0 aliphatic rings. The van der Waals surface area contributed by atoms with Crippen LogP contribution in [0.1, 0.15) is 46.5 Å². The van der Waals surface area contributed by atoms with E-state index < -0.39 is 5.60 Å². The second kappa shape index (κ2) is 9.03. The molecule has 0 atom stereocenters. The van der Waals surface area contributed by atoms with Crippen molar-refractivity contribution in [1.29, 1.82) is 0 Å². The highest BCUT2D eigenvalue weighted by molar-refractivity contribution is 6.32. The number of carbonyl (C=O) groups is 1. The molecule has 0 aliphatic heterocycles. The van der Waals surface area contributed by atoms with Gasteiger partial charge in [-0.2, -0.15) is 0 Å². The molecule has 0 unspecified atom stereocenters. The van der Waals surface area contributed by atoms with Gasteiger partial charge in [0.15, 0.2) is 11.0 Å². The fourth-order valence-corrected chi connectivity index (χ4v) is 2.62. The number of rotatable bonds is 8. The zero-order valence-electron chi connectivity index (χ0n) is 15.8. The molecule has 0 spiro atoms. The van der Waals surface area contributed by atoms with Gasteiger partial charge >= 0.3 is 5.97 Å². The molecule has 0 saturated carbocycles. The van der Waals surface area contributed by atoms with Crippen LogP contribution in [0.3, 0.4) is 0 Å². The van der Waals surface area contributed by atoms with Gasteiger partial charge in [0.1, 0.15) is 11.4 Å². The Morgan fingerprint density at radius 3 is 2.62 bits per heavy atom. The lowest BCUT2D eigenvalue weighted by Crippen LogP contribution is -2.23. The Labute approximate surface area is 159 Å². The van der Waals surface area contributed by atoms with E-state index in [1.54, 1.807) is 7.11 Å². The number of anilines is 1. The molecule has 1 aromatic heterocycles. The molecule has 26 heavy (non-hydrogen) atoms. The molecule has 0 amide bonds. The Kier molecular flexibility index (Phi) is 7.03. The highest BCUT2D eigenvalue weighted by Gasteiger charge is 2.15. The molecule has 7 heteroatoms. The third-order valence-electron chi connectivity index (χ3n) is 3.60. The van der Waals surface area contributed by atoms with E-state index in [0.29, 0.717) is 23.9 Å². The SMILES string of the molecule is COc1ccc2nc(Cl)c(NCCCCCC(=O)OC(C)(C)C)nc2c1. The predicted octanol–water partition coefficient (Wildman–Crippen LogP) is 4.61. The molecule has 2 rings (SSSR count). The topological polar surface area (TPSA) is 73.3 Å². The van der Waals surface area contributed by atoms with Gasteiger partial charge in [0.05, 0.1) is 18.1 Å². The molecule has 0 radical (unpaired) electrons. The van der Waals surface area contributed by atoms with Crippen molar-refractivity contribution in [3.8, 4) is 5.75 Å². The van der Waals surface area contributed by atoms with E-state index in [9.17, 15) is 4.79 Å². The van der Waals surface area contributed by atoms with E-state index in [0.717, 1.165) is 36.0 Å². The lowest BCUT2D eigenvalue weighted by Gasteiger charge is -2.19. The molecule has 0 aliphatic carbocycles. The summed E-state index contributed by atoms with van der Waals surface area (Å²) in [7, 11) is 1.61. The molecule has 1 heterocycles. The Balaban J connectivity index is 1.79. The summed E-state index contributed by atoms with van der Waals surface area (Å²) in [6.07, 6.45) is 3.05. The molecular weight excluding hydrogens is 354 g/mol.